The standard InChI is InChI=1S/C20H15Cl2FN6O2/c21-14-3-1-2-13(8-14)10-29-11-24-20(27-29)25-19(30)18-6-7-28(26-18)12-31-15-4-5-17(23)16(22)9-15/h1-9,11H,10,12H2,(H,25,27,30). The predicted octanol–water partition coefficient (Wildman–Crippen LogP) is 4.26. The Morgan fingerprint density at radius 3 is 2.77 bits per heavy atom. The number of anilines is 1. The van der Waals surface area contributed by atoms with Crippen LogP contribution in [-0.4, -0.2) is 30.5 Å². The molecule has 0 aliphatic heterocycles. The van der Waals surface area contributed by atoms with E-state index < -0.39 is 11.7 Å². The van der Waals surface area contributed by atoms with Gasteiger partial charge in [0.15, 0.2) is 12.4 Å². The molecule has 8 nitrogen and oxygen atoms in total. The summed E-state index contributed by atoms with van der Waals surface area (Å²) >= 11 is 11.7. The number of nitrogens with one attached hydrogen (secondary N) is 1. The minimum atomic E-state index is -0.532. The highest BCUT2D eigenvalue weighted by Crippen LogP contribution is 2.21. The summed E-state index contributed by atoms with van der Waals surface area (Å²) in [4.78, 5) is 16.5. The van der Waals surface area contributed by atoms with Gasteiger partial charge in [0.05, 0.1) is 11.6 Å². The molecule has 0 unspecified atom stereocenters. The van der Waals surface area contributed by atoms with Gasteiger partial charge in [0, 0.05) is 17.3 Å². The molecule has 2 heterocycles. The molecule has 0 radical (unpaired) electrons. The molecule has 2 aromatic heterocycles. The third-order valence-electron chi connectivity index (χ3n) is 4.12. The molecule has 31 heavy (non-hydrogen) atoms. The van der Waals surface area contributed by atoms with Gasteiger partial charge in [0.1, 0.15) is 17.9 Å². The zero-order valence-electron chi connectivity index (χ0n) is 15.9. The van der Waals surface area contributed by atoms with Gasteiger partial charge < -0.3 is 4.74 Å². The van der Waals surface area contributed by atoms with Crippen LogP contribution in [0.1, 0.15) is 16.1 Å². The molecule has 0 atom stereocenters. The molecule has 11 heteroatoms. The lowest BCUT2D eigenvalue weighted by Gasteiger charge is -2.06. The summed E-state index contributed by atoms with van der Waals surface area (Å²) in [5.74, 6) is -0.471. The van der Waals surface area contributed by atoms with E-state index in [1.165, 1.54) is 35.3 Å². The van der Waals surface area contributed by atoms with Crippen molar-refractivity contribution in [2.75, 3.05) is 5.32 Å². The van der Waals surface area contributed by atoms with Crippen LogP contribution in [-0.2, 0) is 13.3 Å². The van der Waals surface area contributed by atoms with Gasteiger partial charge in [-0.2, -0.15) is 5.10 Å². The van der Waals surface area contributed by atoms with Crippen LogP contribution >= 0.6 is 23.2 Å². The molecule has 0 fully saturated rings. The van der Waals surface area contributed by atoms with Crippen molar-refractivity contribution in [3.8, 4) is 5.75 Å². The third-order valence-corrected chi connectivity index (χ3v) is 4.65. The van der Waals surface area contributed by atoms with Crippen LogP contribution in [0.25, 0.3) is 0 Å². The Morgan fingerprint density at radius 2 is 1.97 bits per heavy atom. The lowest BCUT2D eigenvalue weighted by atomic mass is 10.2. The maximum absolute atomic E-state index is 13.2. The summed E-state index contributed by atoms with van der Waals surface area (Å²) in [6.45, 7) is 0.477. The summed E-state index contributed by atoms with van der Waals surface area (Å²) < 4.78 is 21.7. The molecule has 0 bridgehead atoms. The Labute approximate surface area is 186 Å². The molecule has 0 aliphatic rings. The van der Waals surface area contributed by atoms with E-state index in [0.29, 0.717) is 17.3 Å². The van der Waals surface area contributed by atoms with Crippen LogP contribution in [0.2, 0.25) is 10.0 Å². The van der Waals surface area contributed by atoms with Crippen molar-refractivity contribution < 1.29 is 13.9 Å². The maximum atomic E-state index is 13.2. The highest BCUT2D eigenvalue weighted by Gasteiger charge is 2.13. The Bertz CT molecular complexity index is 1230. The zero-order valence-corrected chi connectivity index (χ0v) is 17.4. The predicted molar refractivity (Wildman–Crippen MR) is 113 cm³/mol. The van der Waals surface area contributed by atoms with Crippen LogP contribution in [0.15, 0.2) is 61.1 Å². The number of nitrogens with zero attached hydrogens (tertiary/aromatic N) is 5. The maximum Gasteiger partial charge on any atom is 0.278 e. The van der Waals surface area contributed by atoms with E-state index in [1.54, 1.807) is 16.9 Å². The number of hydrogen-bond acceptors (Lipinski definition) is 5. The van der Waals surface area contributed by atoms with E-state index in [9.17, 15) is 9.18 Å². The number of benzene rings is 2. The molecule has 1 N–H and O–H groups in total. The first kappa shape index (κ1) is 20.8. The number of ether oxygens (including phenoxy) is 1. The second kappa shape index (κ2) is 9.15. The lowest BCUT2D eigenvalue weighted by molar-refractivity contribution is 0.101. The van der Waals surface area contributed by atoms with Crippen LogP contribution in [0.3, 0.4) is 0 Å². The summed E-state index contributed by atoms with van der Waals surface area (Å²) in [6.07, 6.45) is 3.09. The lowest BCUT2D eigenvalue weighted by Crippen LogP contribution is -2.15. The smallest absolute Gasteiger partial charge is 0.278 e. The first-order valence-corrected chi connectivity index (χ1v) is 9.78. The second-order valence-corrected chi connectivity index (χ2v) is 7.28. The van der Waals surface area contributed by atoms with Crippen molar-refractivity contribution in [1.82, 2.24) is 24.5 Å². The van der Waals surface area contributed by atoms with Crippen LogP contribution in [0.4, 0.5) is 10.3 Å². The summed E-state index contributed by atoms with van der Waals surface area (Å²) in [5.41, 5.74) is 1.11. The molecule has 2 aromatic carbocycles. The third kappa shape index (κ3) is 5.39. The molecule has 0 spiro atoms. The fourth-order valence-electron chi connectivity index (χ4n) is 2.68. The number of amides is 1. The summed E-state index contributed by atoms with van der Waals surface area (Å²) in [6, 6.07) is 12.9. The van der Waals surface area contributed by atoms with Gasteiger partial charge in [-0.05, 0) is 35.9 Å². The average Bonchev–Trinajstić information content (AvgIpc) is 3.38. The van der Waals surface area contributed by atoms with Crippen LogP contribution in [0.5, 0.6) is 5.75 Å². The van der Waals surface area contributed by atoms with Gasteiger partial charge in [-0.3, -0.25) is 10.1 Å². The molecule has 1 amide bonds. The van der Waals surface area contributed by atoms with Gasteiger partial charge in [-0.1, -0.05) is 35.3 Å². The highest BCUT2D eigenvalue weighted by atomic mass is 35.5. The van der Waals surface area contributed by atoms with Gasteiger partial charge in [-0.15, -0.1) is 5.10 Å². The SMILES string of the molecule is O=C(Nc1ncn(Cc2cccc(Cl)c2)n1)c1ccn(COc2ccc(F)c(Cl)c2)n1. The number of halogens is 3. The second-order valence-electron chi connectivity index (χ2n) is 6.44. The van der Waals surface area contributed by atoms with Crippen LogP contribution in [0, 0.1) is 5.82 Å². The topological polar surface area (TPSA) is 86.9 Å². The quantitative estimate of drug-likeness (QED) is 0.445. The van der Waals surface area contributed by atoms with E-state index >= 15 is 0 Å². The minimum absolute atomic E-state index is 0.0156. The highest BCUT2D eigenvalue weighted by molar-refractivity contribution is 6.31. The van der Waals surface area contributed by atoms with Crippen molar-refractivity contribution in [1.29, 1.82) is 0 Å². The molecule has 0 aliphatic carbocycles. The molecule has 4 rings (SSSR count). The number of hydrogen-bond donors (Lipinski definition) is 1. The Balaban J connectivity index is 1.33. The van der Waals surface area contributed by atoms with Crippen molar-refractivity contribution in [2.45, 2.75) is 13.3 Å². The number of aromatic nitrogens is 5. The summed E-state index contributed by atoms with van der Waals surface area (Å²) in [5, 5.41) is 11.6. The molecular formula is C20H15Cl2FN6O2. The molecule has 158 valence electrons. The Hall–Kier alpha value is -3.43. The van der Waals surface area contributed by atoms with Gasteiger partial charge in [0.25, 0.3) is 5.91 Å². The average molecular weight is 461 g/mol. The Kier molecular flexibility index (Phi) is 6.15. The fraction of sp³-hybridized carbons (Fsp3) is 0.100. The van der Waals surface area contributed by atoms with Crippen molar-refractivity contribution in [3.63, 3.8) is 0 Å². The summed E-state index contributed by atoms with van der Waals surface area (Å²) in [7, 11) is 0. The van der Waals surface area contributed by atoms with Gasteiger partial charge in [0.2, 0.25) is 5.95 Å². The van der Waals surface area contributed by atoms with Gasteiger partial charge >= 0.3 is 0 Å². The number of carbonyl (C=O) groups is 1. The first-order chi connectivity index (χ1) is 15.0. The van der Waals surface area contributed by atoms with E-state index in [2.05, 4.69) is 20.5 Å². The van der Waals surface area contributed by atoms with E-state index in [0.717, 1.165) is 5.56 Å². The van der Waals surface area contributed by atoms with E-state index in [4.69, 9.17) is 27.9 Å². The normalized spacial score (nSPS) is 10.8. The number of carbonyl (C=O) groups excluding carboxylic acids is 1. The van der Waals surface area contributed by atoms with E-state index in [1.807, 2.05) is 18.2 Å². The fourth-order valence-corrected chi connectivity index (χ4v) is 3.06. The van der Waals surface area contributed by atoms with Gasteiger partial charge in [-0.25, -0.2) is 18.7 Å². The zero-order chi connectivity index (χ0) is 21.8. The first-order valence-electron chi connectivity index (χ1n) is 9.03. The van der Waals surface area contributed by atoms with Crippen molar-refractivity contribution >= 4 is 35.1 Å². The molecule has 0 saturated heterocycles. The molecular weight excluding hydrogens is 446 g/mol. The monoisotopic (exact) mass is 460 g/mol. The molecule has 0 saturated carbocycles. The molecule has 4 aromatic rings. The van der Waals surface area contributed by atoms with Crippen molar-refractivity contribution in [3.05, 3.63) is 88.2 Å². The Morgan fingerprint density at radius 1 is 1.10 bits per heavy atom. The minimum Gasteiger partial charge on any atom is -0.471 e. The van der Waals surface area contributed by atoms with Crippen LogP contribution < -0.4 is 10.1 Å². The van der Waals surface area contributed by atoms with E-state index in [-0.39, 0.29) is 23.4 Å². The number of rotatable bonds is 7. The van der Waals surface area contributed by atoms with Crippen molar-refractivity contribution in [2.24, 2.45) is 0 Å². The largest absolute Gasteiger partial charge is 0.471 e.